The van der Waals surface area contributed by atoms with E-state index >= 15 is 0 Å². The molecule has 0 spiro atoms. The first-order chi connectivity index (χ1) is 11.0. The highest BCUT2D eigenvalue weighted by atomic mass is 32.1. The highest BCUT2D eigenvalue weighted by Gasteiger charge is 2.07. The molecule has 1 heterocycles. The van der Waals surface area contributed by atoms with Crippen molar-refractivity contribution in [3.8, 4) is 0 Å². The third-order valence-corrected chi connectivity index (χ3v) is 3.41. The highest BCUT2D eigenvalue weighted by molar-refractivity contribution is 7.80. The Labute approximate surface area is 140 Å². The van der Waals surface area contributed by atoms with Gasteiger partial charge in [0.05, 0.1) is 0 Å². The average Bonchev–Trinajstić information content (AvgIpc) is 2.48. The van der Waals surface area contributed by atoms with Crippen molar-refractivity contribution in [2.45, 2.75) is 33.2 Å². The van der Waals surface area contributed by atoms with Crippen LogP contribution < -0.4 is 16.0 Å². The van der Waals surface area contributed by atoms with Gasteiger partial charge < -0.3 is 16.0 Å². The zero-order valence-electron chi connectivity index (χ0n) is 13.4. The number of aryl methyl sites for hydroxylation is 1. The Hall–Kier alpha value is -2.28. The number of halogens is 1. The summed E-state index contributed by atoms with van der Waals surface area (Å²) in [6.07, 6.45) is 0.966. The van der Waals surface area contributed by atoms with Crippen LogP contribution in [0.2, 0.25) is 0 Å². The van der Waals surface area contributed by atoms with Crippen LogP contribution >= 0.6 is 12.2 Å². The van der Waals surface area contributed by atoms with Gasteiger partial charge in [-0.15, -0.1) is 0 Å². The number of thiocarbonyl (C=S) groups is 1. The second kappa shape index (κ2) is 7.82. The molecule has 1 atom stereocenters. The zero-order valence-corrected chi connectivity index (χ0v) is 14.2. The molecular weight excluding hydrogens is 313 g/mol. The van der Waals surface area contributed by atoms with Gasteiger partial charge in [-0.1, -0.05) is 6.92 Å². The fourth-order valence-corrected chi connectivity index (χ4v) is 2.13. The third kappa shape index (κ3) is 5.45. The molecule has 2 rings (SSSR count). The lowest BCUT2D eigenvalue weighted by Crippen LogP contribution is -2.35. The molecular formula is C16H20FN5S. The fraction of sp³-hybridized carbons (Fsp3) is 0.312. The van der Waals surface area contributed by atoms with Crippen molar-refractivity contribution in [2.75, 3.05) is 10.6 Å². The van der Waals surface area contributed by atoms with E-state index in [2.05, 4.69) is 32.8 Å². The molecule has 2 aromatic rings. The normalized spacial score (nSPS) is 11.7. The van der Waals surface area contributed by atoms with Gasteiger partial charge in [0.1, 0.15) is 11.6 Å². The molecule has 1 unspecified atom stereocenters. The Kier molecular flexibility index (Phi) is 5.81. The molecule has 0 fully saturated rings. The maximum Gasteiger partial charge on any atom is 0.231 e. The van der Waals surface area contributed by atoms with Gasteiger partial charge in [-0.05, 0) is 56.8 Å². The van der Waals surface area contributed by atoms with E-state index in [1.165, 1.54) is 12.1 Å². The molecule has 7 heteroatoms. The average molecular weight is 333 g/mol. The van der Waals surface area contributed by atoms with Gasteiger partial charge in [0.25, 0.3) is 0 Å². The van der Waals surface area contributed by atoms with Gasteiger partial charge >= 0.3 is 0 Å². The number of benzene rings is 1. The van der Waals surface area contributed by atoms with E-state index < -0.39 is 0 Å². The molecule has 1 aromatic carbocycles. The van der Waals surface area contributed by atoms with Crippen molar-refractivity contribution in [2.24, 2.45) is 0 Å². The summed E-state index contributed by atoms with van der Waals surface area (Å²) in [5, 5.41) is 9.73. The van der Waals surface area contributed by atoms with E-state index in [1.807, 2.05) is 13.8 Å². The topological polar surface area (TPSA) is 61.9 Å². The number of hydrogen-bond acceptors (Lipinski definition) is 4. The van der Waals surface area contributed by atoms with E-state index in [-0.39, 0.29) is 11.9 Å². The lowest BCUT2D eigenvalue weighted by molar-refractivity contribution is 0.628. The standard InChI is InChI=1S/C16H20FN5S/c1-4-10(2)19-16(23)22-15-18-11(3)9-14(21-15)20-13-7-5-12(17)6-8-13/h5-10H,4H2,1-3H3,(H3,18,19,20,21,22,23). The van der Waals surface area contributed by atoms with Crippen LogP contribution in [0.15, 0.2) is 30.3 Å². The molecule has 0 radical (unpaired) electrons. The van der Waals surface area contributed by atoms with Crippen molar-refractivity contribution in [3.63, 3.8) is 0 Å². The van der Waals surface area contributed by atoms with Crippen molar-refractivity contribution >= 4 is 34.8 Å². The molecule has 0 saturated carbocycles. The lowest BCUT2D eigenvalue weighted by atomic mass is 10.3. The van der Waals surface area contributed by atoms with Crippen molar-refractivity contribution in [3.05, 3.63) is 41.8 Å². The smallest absolute Gasteiger partial charge is 0.231 e. The van der Waals surface area contributed by atoms with E-state index in [9.17, 15) is 4.39 Å². The first-order valence-electron chi connectivity index (χ1n) is 7.42. The second-order valence-corrected chi connectivity index (χ2v) is 5.67. The van der Waals surface area contributed by atoms with Crippen LogP contribution in [0.3, 0.4) is 0 Å². The Bertz CT molecular complexity index is 675. The maximum atomic E-state index is 12.9. The van der Waals surface area contributed by atoms with Gasteiger partial charge in [-0.3, -0.25) is 0 Å². The Morgan fingerprint density at radius 2 is 1.96 bits per heavy atom. The number of nitrogens with one attached hydrogen (secondary N) is 3. The molecule has 3 N–H and O–H groups in total. The molecule has 0 aliphatic carbocycles. The van der Waals surface area contributed by atoms with E-state index in [4.69, 9.17) is 12.2 Å². The van der Waals surface area contributed by atoms with Gasteiger partial charge in [-0.25, -0.2) is 9.37 Å². The molecule has 0 aliphatic rings. The molecule has 1 aromatic heterocycles. The molecule has 122 valence electrons. The Balaban J connectivity index is 2.09. The molecule has 5 nitrogen and oxygen atoms in total. The van der Waals surface area contributed by atoms with E-state index in [0.717, 1.165) is 17.8 Å². The number of anilines is 3. The minimum absolute atomic E-state index is 0.275. The summed E-state index contributed by atoms with van der Waals surface area (Å²) >= 11 is 5.24. The molecule has 0 bridgehead atoms. The predicted molar refractivity (Wildman–Crippen MR) is 95.6 cm³/mol. The summed E-state index contributed by atoms with van der Waals surface area (Å²) in [4.78, 5) is 8.68. The van der Waals surface area contributed by atoms with Gasteiger partial charge in [0.15, 0.2) is 5.11 Å². The van der Waals surface area contributed by atoms with Crippen LogP contribution in [-0.4, -0.2) is 21.1 Å². The predicted octanol–water partition coefficient (Wildman–Crippen LogP) is 3.75. The largest absolute Gasteiger partial charge is 0.360 e. The van der Waals surface area contributed by atoms with Crippen LogP contribution in [0.1, 0.15) is 26.0 Å². The van der Waals surface area contributed by atoms with Gasteiger partial charge in [0.2, 0.25) is 5.95 Å². The van der Waals surface area contributed by atoms with Crippen LogP contribution in [0.5, 0.6) is 0 Å². The van der Waals surface area contributed by atoms with E-state index in [0.29, 0.717) is 16.9 Å². The Morgan fingerprint density at radius 3 is 2.61 bits per heavy atom. The number of nitrogens with zero attached hydrogens (tertiary/aromatic N) is 2. The summed E-state index contributed by atoms with van der Waals surface area (Å²) in [6, 6.07) is 8.15. The van der Waals surface area contributed by atoms with Crippen molar-refractivity contribution in [1.29, 1.82) is 0 Å². The second-order valence-electron chi connectivity index (χ2n) is 5.26. The summed E-state index contributed by atoms with van der Waals surface area (Å²) in [6.45, 7) is 5.99. The van der Waals surface area contributed by atoms with Crippen LogP contribution in [0, 0.1) is 12.7 Å². The lowest BCUT2D eigenvalue weighted by Gasteiger charge is -2.15. The summed E-state index contributed by atoms with van der Waals surface area (Å²) in [5.41, 5.74) is 1.54. The monoisotopic (exact) mass is 333 g/mol. The van der Waals surface area contributed by atoms with Crippen LogP contribution in [0.4, 0.5) is 21.8 Å². The number of aromatic nitrogens is 2. The van der Waals surface area contributed by atoms with Crippen LogP contribution in [-0.2, 0) is 0 Å². The molecule has 0 saturated heterocycles. The maximum absolute atomic E-state index is 12.9. The third-order valence-electron chi connectivity index (χ3n) is 3.19. The minimum atomic E-state index is -0.279. The number of hydrogen-bond donors (Lipinski definition) is 3. The first kappa shape index (κ1) is 17.1. The molecule has 0 amide bonds. The summed E-state index contributed by atoms with van der Waals surface area (Å²) in [7, 11) is 0. The van der Waals surface area contributed by atoms with Crippen molar-refractivity contribution < 1.29 is 4.39 Å². The zero-order chi connectivity index (χ0) is 16.8. The Morgan fingerprint density at radius 1 is 1.26 bits per heavy atom. The van der Waals surface area contributed by atoms with E-state index in [1.54, 1.807) is 18.2 Å². The van der Waals surface area contributed by atoms with Gasteiger partial charge in [0, 0.05) is 23.5 Å². The molecule has 0 aliphatic heterocycles. The molecule has 23 heavy (non-hydrogen) atoms. The van der Waals surface area contributed by atoms with Crippen LogP contribution in [0.25, 0.3) is 0 Å². The minimum Gasteiger partial charge on any atom is -0.360 e. The summed E-state index contributed by atoms with van der Waals surface area (Å²) < 4.78 is 12.9. The fourth-order valence-electron chi connectivity index (χ4n) is 1.83. The van der Waals surface area contributed by atoms with Crippen molar-refractivity contribution in [1.82, 2.24) is 15.3 Å². The quantitative estimate of drug-likeness (QED) is 0.724. The first-order valence-corrected chi connectivity index (χ1v) is 7.83. The SMILES string of the molecule is CCC(C)NC(=S)Nc1nc(C)cc(Nc2ccc(F)cc2)n1. The van der Waals surface area contributed by atoms with Gasteiger partial charge in [-0.2, -0.15) is 4.98 Å². The number of rotatable bonds is 5. The summed E-state index contributed by atoms with van der Waals surface area (Å²) in [5.74, 6) is 0.742. The highest BCUT2D eigenvalue weighted by Crippen LogP contribution is 2.17.